The maximum atomic E-state index is 11.1. The molecule has 3 nitrogen and oxygen atoms in total. The van der Waals surface area contributed by atoms with Crippen molar-refractivity contribution in [3.05, 3.63) is 29.8 Å². The molecule has 0 spiro atoms. The number of ether oxygens (including phenoxy) is 1. The van der Waals surface area contributed by atoms with Crippen molar-refractivity contribution in [1.82, 2.24) is 0 Å². The molecule has 1 rings (SSSR count). The second-order valence-electron chi connectivity index (χ2n) is 2.73. The van der Waals surface area contributed by atoms with E-state index < -0.39 is 0 Å². The summed E-state index contributed by atoms with van der Waals surface area (Å²) in [7, 11) is 1.59. The fourth-order valence-electron chi connectivity index (χ4n) is 1.13. The highest BCUT2D eigenvalue weighted by Crippen LogP contribution is 2.17. The molecule has 1 aromatic carbocycles. The number of hydrogen-bond donors (Lipinski definition) is 1. The highest BCUT2D eigenvalue weighted by atomic mass is 16.5. The van der Waals surface area contributed by atoms with Gasteiger partial charge in [0.05, 0.1) is 13.7 Å². The molecule has 1 aromatic rings. The molecule has 0 saturated heterocycles. The van der Waals surface area contributed by atoms with Gasteiger partial charge in [0.15, 0.2) is 5.78 Å². The maximum Gasteiger partial charge on any atom is 0.150 e. The zero-order chi connectivity index (χ0) is 9.68. The van der Waals surface area contributed by atoms with Crippen LogP contribution in [0.2, 0.25) is 0 Å². The molecule has 0 fully saturated rings. The average molecular weight is 179 g/mol. The molecule has 0 aliphatic carbocycles. The van der Waals surface area contributed by atoms with Crippen LogP contribution in [0, 0.1) is 0 Å². The molecular formula is C10H13NO2. The lowest BCUT2D eigenvalue weighted by molar-refractivity contribution is -0.117. The van der Waals surface area contributed by atoms with E-state index in [2.05, 4.69) is 0 Å². The number of carbonyl (C=O) groups excluding carboxylic acids is 1. The molecule has 70 valence electrons. The van der Waals surface area contributed by atoms with Crippen LogP contribution in [0.5, 0.6) is 5.75 Å². The van der Waals surface area contributed by atoms with Crippen LogP contribution < -0.4 is 10.5 Å². The molecule has 0 saturated carbocycles. The van der Waals surface area contributed by atoms with E-state index >= 15 is 0 Å². The van der Waals surface area contributed by atoms with Crippen molar-refractivity contribution in [2.24, 2.45) is 5.73 Å². The van der Waals surface area contributed by atoms with Crippen LogP contribution in [0.15, 0.2) is 24.3 Å². The van der Waals surface area contributed by atoms with Crippen LogP contribution in [0.3, 0.4) is 0 Å². The van der Waals surface area contributed by atoms with E-state index in [4.69, 9.17) is 10.5 Å². The molecule has 13 heavy (non-hydrogen) atoms. The number of methoxy groups -OCH3 is 1. The Balaban J connectivity index is 2.81. The number of ketones is 1. The fraction of sp³-hybridized carbons (Fsp3) is 0.300. The summed E-state index contributed by atoms with van der Waals surface area (Å²) in [6.45, 7) is 0.0814. The Hall–Kier alpha value is -1.35. The number of nitrogens with two attached hydrogens (primary N) is 1. The third-order valence-corrected chi connectivity index (χ3v) is 1.81. The van der Waals surface area contributed by atoms with Gasteiger partial charge < -0.3 is 10.5 Å². The van der Waals surface area contributed by atoms with E-state index in [-0.39, 0.29) is 12.3 Å². The van der Waals surface area contributed by atoms with Crippen LogP contribution >= 0.6 is 0 Å². The van der Waals surface area contributed by atoms with E-state index in [1.165, 1.54) is 0 Å². The Kier molecular flexibility index (Phi) is 3.46. The Bertz CT molecular complexity index is 297. The Morgan fingerprint density at radius 1 is 1.46 bits per heavy atom. The standard InChI is InChI=1S/C10H13NO2/c1-13-10-5-3-2-4-8(10)6-9(12)7-11/h2-5H,6-7,11H2,1H3. The first-order valence-corrected chi connectivity index (χ1v) is 4.11. The predicted molar refractivity (Wildman–Crippen MR) is 50.8 cm³/mol. The molecular weight excluding hydrogens is 166 g/mol. The van der Waals surface area contributed by atoms with Gasteiger partial charge in [-0.15, -0.1) is 0 Å². The van der Waals surface area contributed by atoms with Crippen molar-refractivity contribution >= 4 is 5.78 Å². The minimum Gasteiger partial charge on any atom is -0.496 e. The van der Waals surface area contributed by atoms with Gasteiger partial charge in [-0.1, -0.05) is 18.2 Å². The molecule has 0 atom stereocenters. The topological polar surface area (TPSA) is 52.3 Å². The lowest BCUT2D eigenvalue weighted by Gasteiger charge is -2.05. The van der Waals surface area contributed by atoms with Crippen molar-refractivity contribution in [3.8, 4) is 5.75 Å². The summed E-state index contributed by atoms with van der Waals surface area (Å²) in [5.74, 6) is 0.758. The van der Waals surface area contributed by atoms with Gasteiger partial charge in [-0.25, -0.2) is 0 Å². The monoisotopic (exact) mass is 179 g/mol. The van der Waals surface area contributed by atoms with Gasteiger partial charge in [0.2, 0.25) is 0 Å². The minimum absolute atomic E-state index is 0.0181. The predicted octanol–water partition coefficient (Wildman–Crippen LogP) is 0.765. The summed E-state index contributed by atoms with van der Waals surface area (Å²) in [5, 5.41) is 0. The van der Waals surface area contributed by atoms with E-state index in [1.54, 1.807) is 7.11 Å². The SMILES string of the molecule is COc1ccccc1CC(=O)CN. The van der Waals surface area contributed by atoms with E-state index in [0.29, 0.717) is 6.42 Å². The van der Waals surface area contributed by atoms with Gasteiger partial charge in [-0.05, 0) is 6.07 Å². The molecule has 0 bridgehead atoms. The number of Topliss-reactive ketones (excluding diaryl/α,β-unsaturated/α-hetero) is 1. The smallest absolute Gasteiger partial charge is 0.150 e. The van der Waals surface area contributed by atoms with Gasteiger partial charge in [0.25, 0.3) is 0 Å². The van der Waals surface area contributed by atoms with Gasteiger partial charge in [-0.3, -0.25) is 4.79 Å². The molecule has 0 aromatic heterocycles. The number of hydrogen-bond acceptors (Lipinski definition) is 3. The van der Waals surface area contributed by atoms with Crippen molar-refractivity contribution < 1.29 is 9.53 Å². The summed E-state index contributed by atoms with van der Waals surface area (Å²) in [6, 6.07) is 7.45. The molecule has 2 N–H and O–H groups in total. The molecule has 0 amide bonds. The molecule has 0 aliphatic heterocycles. The van der Waals surface area contributed by atoms with Crippen molar-refractivity contribution in [2.75, 3.05) is 13.7 Å². The largest absolute Gasteiger partial charge is 0.496 e. The zero-order valence-corrected chi connectivity index (χ0v) is 7.62. The molecule has 0 heterocycles. The third kappa shape index (κ3) is 2.56. The van der Waals surface area contributed by atoms with Crippen LogP contribution in [0.1, 0.15) is 5.56 Å². The average Bonchev–Trinajstić information content (AvgIpc) is 2.18. The molecule has 3 heteroatoms. The van der Waals surface area contributed by atoms with Crippen LogP contribution in [0.4, 0.5) is 0 Å². The lowest BCUT2D eigenvalue weighted by atomic mass is 10.1. The van der Waals surface area contributed by atoms with Crippen molar-refractivity contribution in [3.63, 3.8) is 0 Å². The third-order valence-electron chi connectivity index (χ3n) is 1.81. The summed E-state index contributed by atoms with van der Waals surface area (Å²) in [4.78, 5) is 11.1. The Morgan fingerprint density at radius 3 is 2.77 bits per heavy atom. The number of benzene rings is 1. The molecule has 0 aliphatic rings. The quantitative estimate of drug-likeness (QED) is 0.742. The van der Waals surface area contributed by atoms with Gasteiger partial charge in [0, 0.05) is 12.0 Å². The van der Waals surface area contributed by atoms with E-state index in [1.807, 2.05) is 24.3 Å². The summed E-state index contributed by atoms with van der Waals surface area (Å²) in [5.41, 5.74) is 6.11. The van der Waals surface area contributed by atoms with E-state index in [9.17, 15) is 4.79 Å². The Morgan fingerprint density at radius 2 is 2.15 bits per heavy atom. The first-order valence-electron chi connectivity index (χ1n) is 4.11. The first kappa shape index (κ1) is 9.74. The van der Waals surface area contributed by atoms with Crippen LogP contribution in [-0.4, -0.2) is 19.4 Å². The van der Waals surface area contributed by atoms with Crippen LogP contribution in [-0.2, 0) is 11.2 Å². The number of para-hydroxylation sites is 1. The maximum absolute atomic E-state index is 11.1. The normalized spacial score (nSPS) is 9.69. The van der Waals surface area contributed by atoms with Crippen LogP contribution in [0.25, 0.3) is 0 Å². The minimum atomic E-state index is 0.0181. The summed E-state index contributed by atoms with van der Waals surface area (Å²) in [6.07, 6.45) is 0.348. The highest BCUT2D eigenvalue weighted by Gasteiger charge is 2.05. The summed E-state index contributed by atoms with van der Waals surface area (Å²) >= 11 is 0. The van der Waals surface area contributed by atoms with Crippen molar-refractivity contribution in [1.29, 1.82) is 0 Å². The number of rotatable bonds is 4. The second kappa shape index (κ2) is 4.62. The van der Waals surface area contributed by atoms with Gasteiger partial charge >= 0.3 is 0 Å². The van der Waals surface area contributed by atoms with Crippen molar-refractivity contribution in [2.45, 2.75) is 6.42 Å². The van der Waals surface area contributed by atoms with Gasteiger partial charge in [-0.2, -0.15) is 0 Å². The molecule has 0 radical (unpaired) electrons. The first-order chi connectivity index (χ1) is 6.27. The summed E-state index contributed by atoms with van der Waals surface area (Å²) < 4.78 is 5.10. The zero-order valence-electron chi connectivity index (χ0n) is 7.62. The molecule has 0 unspecified atom stereocenters. The fourth-order valence-corrected chi connectivity index (χ4v) is 1.13. The highest BCUT2D eigenvalue weighted by molar-refractivity contribution is 5.83. The van der Waals surface area contributed by atoms with Gasteiger partial charge in [0.1, 0.15) is 5.75 Å². The number of carbonyl (C=O) groups is 1. The van der Waals surface area contributed by atoms with E-state index in [0.717, 1.165) is 11.3 Å². The lowest BCUT2D eigenvalue weighted by Crippen LogP contribution is -2.15. The Labute approximate surface area is 77.5 Å². The second-order valence-corrected chi connectivity index (χ2v) is 2.73.